The zero-order chi connectivity index (χ0) is 10.3. The Bertz CT molecular complexity index is 180. The summed E-state index contributed by atoms with van der Waals surface area (Å²) in [5.74, 6) is 0. The van der Waals surface area contributed by atoms with E-state index in [0.717, 1.165) is 19.3 Å². The van der Waals surface area contributed by atoms with Gasteiger partial charge in [0.05, 0.1) is 5.60 Å². The second kappa shape index (κ2) is 2.96. The van der Waals surface area contributed by atoms with E-state index in [9.17, 15) is 5.11 Å². The minimum Gasteiger partial charge on any atom is -0.390 e. The highest BCUT2D eigenvalue weighted by Crippen LogP contribution is 2.49. The van der Waals surface area contributed by atoms with Crippen molar-refractivity contribution in [2.24, 2.45) is 16.6 Å². The molecule has 0 aromatic carbocycles. The molecule has 78 valence electrons. The SMILES string of the molecule is CC1(C)CC(C)(O)CC(C)(CN)C1. The van der Waals surface area contributed by atoms with E-state index in [1.54, 1.807) is 0 Å². The molecule has 3 N–H and O–H groups in total. The molecule has 2 atom stereocenters. The van der Waals surface area contributed by atoms with Gasteiger partial charge in [0.1, 0.15) is 0 Å². The van der Waals surface area contributed by atoms with E-state index in [4.69, 9.17) is 5.73 Å². The molecule has 0 aromatic heterocycles. The summed E-state index contributed by atoms with van der Waals surface area (Å²) in [4.78, 5) is 0. The van der Waals surface area contributed by atoms with Crippen molar-refractivity contribution in [3.05, 3.63) is 0 Å². The zero-order valence-corrected chi connectivity index (χ0v) is 9.35. The summed E-state index contributed by atoms with van der Waals surface area (Å²) in [6, 6.07) is 0. The summed E-state index contributed by atoms with van der Waals surface area (Å²) in [6.07, 6.45) is 2.84. The van der Waals surface area contributed by atoms with Crippen LogP contribution in [0.4, 0.5) is 0 Å². The second-order valence-corrected chi connectivity index (χ2v) is 6.21. The molecule has 0 spiro atoms. The Hall–Kier alpha value is -0.0800. The fourth-order valence-electron chi connectivity index (χ4n) is 3.44. The van der Waals surface area contributed by atoms with Gasteiger partial charge in [0.2, 0.25) is 0 Å². The predicted molar refractivity (Wildman–Crippen MR) is 55.4 cm³/mol. The summed E-state index contributed by atoms with van der Waals surface area (Å²) in [7, 11) is 0. The van der Waals surface area contributed by atoms with E-state index in [0.29, 0.717) is 6.54 Å². The predicted octanol–water partition coefficient (Wildman–Crippen LogP) is 1.91. The maximum Gasteiger partial charge on any atom is 0.0630 e. The van der Waals surface area contributed by atoms with Gasteiger partial charge >= 0.3 is 0 Å². The van der Waals surface area contributed by atoms with Crippen LogP contribution in [0.25, 0.3) is 0 Å². The van der Waals surface area contributed by atoms with Gasteiger partial charge in [0.25, 0.3) is 0 Å². The molecule has 0 bridgehead atoms. The lowest BCUT2D eigenvalue weighted by molar-refractivity contribution is -0.0758. The summed E-state index contributed by atoms with van der Waals surface area (Å²) in [6.45, 7) is 9.22. The van der Waals surface area contributed by atoms with Gasteiger partial charge < -0.3 is 10.8 Å². The average molecular weight is 185 g/mol. The van der Waals surface area contributed by atoms with Gasteiger partial charge in [-0.05, 0) is 43.6 Å². The Kier molecular flexibility index (Phi) is 2.50. The minimum atomic E-state index is -0.532. The molecule has 2 unspecified atom stereocenters. The van der Waals surface area contributed by atoms with E-state index in [1.165, 1.54) is 0 Å². The first-order chi connectivity index (χ1) is 5.68. The molecule has 0 aliphatic heterocycles. The molecule has 1 fully saturated rings. The van der Waals surface area contributed by atoms with Crippen molar-refractivity contribution in [1.29, 1.82) is 0 Å². The van der Waals surface area contributed by atoms with Crippen molar-refractivity contribution in [3.8, 4) is 0 Å². The van der Waals surface area contributed by atoms with Crippen molar-refractivity contribution in [1.82, 2.24) is 0 Å². The lowest BCUT2D eigenvalue weighted by Crippen LogP contribution is -2.48. The number of hydrogen-bond donors (Lipinski definition) is 2. The first-order valence-corrected chi connectivity index (χ1v) is 5.11. The standard InChI is InChI=1S/C11H23NO/c1-9(2)5-10(3,8-12)7-11(4,13)6-9/h13H,5-8,12H2,1-4H3. The highest BCUT2D eigenvalue weighted by atomic mass is 16.3. The Labute approximate surface area is 81.5 Å². The van der Waals surface area contributed by atoms with Gasteiger partial charge in [-0.2, -0.15) is 0 Å². The molecule has 1 rings (SSSR count). The Morgan fingerprint density at radius 1 is 1.08 bits per heavy atom. The molecule has 0 radical (unpaired) electrons. The number of rotatable bonds is 1. The van der Waals surface area contributed by atoms with Gasteiger partial charge in [-0.15, -0.1) is 0 Å². The molecule has 0 heterocycles. The molecular formula is C11H23NO. The summed E-state index contributed by atoms with van der Waals surface area (Å²) in [5.41, 5.74) is 5.57. The van der Waals surface area contributed by atoms with Crippen LogP contribution in [0.15, 0.2) is 0 Å². The fraction of sp³-hybridized carbons (Fsp3) is 1.00. The van der Waals surface area contributed by atoms with Crippen LogP contribution >= 0.6 is 0 Å². The van der Waals surface area contributed by atoms with Crippen LogP contribution in [0.3, 0.4) is 0 Å². The van der Waals surface area contributed by atoms with Gasteiger partial charge in [-0.1, -0.05) is 20.8 Å². The Morgan fingerprint density at radius 2 is 1.62 bits per heavy atom. The third-order valence-electron chi connectivity index (χ3n) is 3.07. The van der Waals surface area contributed by atoms with Crippen molar-refractivity contribution in [2.75, 3.05) is 6.54 Å². The first kappa shape index (κ1) is 11.0. The van der Waals surface area contributed by atoms with Crippen molar-refractivity contribution < 1.29 is 5.11 Å². The fourth-order valence-corrected chi connectivity index (χ4v) is 3.44. The van der Waals surface area contributed by atoms with Crippen molar-refractivity contribution in [3.63, 3.8) is 0 Å². The maximum atomic E-state index is 10.1. The zero-order valence-electron chi connectivity index (χ0n) is 9.35. The van der Waals surface area contributed by atoms with E-state index < -0.39 is 5.60 Å². The Morgan fingerprint density at radius 3 is 2.00 bits per heavy atom. The van der Waals surface area contributed by atoms with Crippen LogP contribution in [0, 0.1) is 10.8 Å². The molecule has 1 saturated carbocycles. The lowest BCUT2D eigenvalue weighted by atomic mass is 9.59. The molecule has 1 aliphatic carbocycles. The van der Waals surface area contributed by atoms with Crippen LogP contribution in [0.5, 0.6) is 0 Å². The van der Waals surface area contributed by atoms with Gasteiger partial charge in [-0.25, -0.2) is 0 Å². The highest BCUT2D eigenvalue weighted by molar-refractivity contribution is 4.97. The van der Waals surface area contributed by atoms with E-state index in [-0.39, 0.29) is 10.8 Å². The molecule has 0 aromatic rings. The van der Waals surface area contributed by atoms with Gasteiger partial charge in [-0.3, -0.25) is 0 Å². The van der Waals surface area contributed by atoms with Gasteiger partial charge in [0, 0.05) is 0 Å². The summed E-state index contributed by atoms with van der Waals surface area (Å²) < 4.78 is 0. The van der Waals surface area contributed by atoms with Crippen molar-refractivity contribution >= 4 is 0 Å². The molecule has 2 nitrogen and oxygen atoms in total. The number of aliphatic hydroxyl groups is 1. The average Bonchev–Trinajstić information content (AvgIpc) is 1.79. The van der Waals surface area contributed by atoms with Crippen LogP contribution < -0.4 is 5.73 Å². The smallest absolute Gasteiger partial charge is 0.0630 e. The largest absolute Gasteiger partial charge is 0.390 e. The lowest BCUT2D eigenvalue weighted by Gasteiger charge is -2.49. The molecule has 2 heteroatoms. The molecule has 13 heavy (non-hydrogen) atoms. The number of hydrogen-bond acceptors (Lipinski definition) is 2. The maximum absolute atomic E-state index is 10.1. The second-order valence-electron chi connectivity index (χ2n) is 6.21. The highest BCUT2D eigenvalue weighted by Gasteiger charge is 2.45. The summed E-state index contributed by atoms with van der Waals surface area (Å²) in [5, 5.41) is 10.1. The molecule has 0 saturated heterocycles. The van der Waals surface area contributed by atoms with Crippen molar-refractivity contribution in [2.45, 2.75) is 52.6 Å². The molecular weight excluding hydrogens is 162 g/mol. The van der Waals surface area contributed by atoms with E-state index in [2.05, 4.69) is 20.8 Å². The monoisotopic (exact) mass is 185 g/mol. The Balaban J connectivity index is 2.84. The quantitative estimate of drug-likeness (QED) is 0.655. The normalized spacial score (nSPS) is 44.8. The van der Waals surface area contributed by atoms with Gasteiger partial charge in [0.15, 0.2) is 0 Å². The first-order valence-electron chi connectivity index (χ1n) is 5.11. The van der Waals surface area contributed by atoms with Crippen LogP contribution in [0.1, 0.15) is 47.0 Å². The third kappa shape index (κ3) is 2.68. The van der Waals surface area contributed by atoms with E-state index in [1.807, 2.05) is 6.92 Å². The summed E-state index contributed by atoms with van der Waals surface area (Å²) >= 11 is 0. The number of nitrogens with two attached hydrogens (primary N) is 1. The molecule has 0 amide bonds. The molecule has 1 aliphatic rings. The van der Waals surface area contributed by atoms with Crippen LogP contribution in [0.2, 0.25) is 0 Å². The van der Waals surface area contributed by atoms with E-state index >= 15 is 0 Å². The van der Waals surface area contributed by atoms with Crippen LogP contribution in [-0.2, 0) is 0 Å². The topological polar surface area (TPSA) is 46.2 Å². The minimum absolute atomic E-state index is 0.116. The van der Waals surface area contributed by atoms with Crippen LogP contribution in [-0.4, -0.2) is 17.3 Å². The third-order valence-corrected chi connectivity index (χ3v) is 3.07.